The molecule has 0 aromatic carbocycles. The minimum atomic E-state index is 0.513. The summed E-state index contributed by atoms with van der Waals surface area (Å²) in [6.07, 6.45) is 2.03. The molecule has 0 rings (SSSR count). The molecule has 2 nitrogen and oxygen atoms in total. The number of carbonyl (C=O) groups is 1. The summed E-state index contributed by atoms with van der Waals surface area (Å²) in [4.78, 5) is 9.82. The Bertz CT molecular complexity index is 97.1. The van der Waals surface area contributed by atoms with Gasteiger partial charge in [0.25, 0.3) is 0 Å². The van der Waals surface area contributed by atoms with Crippen LogP contribution >= 0.6 is 0 Å². The molecular formula is C7H12O2. The molecule has 0 atom stereocenters. The van der Waals surface area contributed by atoms with Crippen molar-refractivity contribution in [2.45, 2.75) is 19.8 Å². The van der Waals surface area contributed by atoms with Crippen molar-refractivity contribution >= 4 is 6.29 Å². The molecule has 0 spiro atoms. The van der Waals surface area contributed by atoms with Crippen LogP contribution in [0, 0.1) is 0 Å². The fourth-order valence-corrected chi connectivity index (χ4v) is 0.496. The van der Waals surface area contributed by atoms with Gasteiger partial charge in [0, 0.05) is 12.8 Å². The van der Waals surface area contributed by atoms with Gasteiger partial charge < -0.3 is 9.53 Å². The molecule has 0 aliphatic carbocycles. The average Bonchev–Trinajstić information content (AvgIpc) is 1.85. The molecule has 0 aromatic heterocycles. The number of carbonyl (C=O) groups excluding carboxylic acids is 1. The normalized spacial score (nSPS) is 8.56. The van der Waals surface area contributed by atoms with Crippen LogP contribution in [0.4, 0.5) is 0 Å². The second-order valence-electron chi connectivity index (χ2n) is 1.68. The zero-order valence-electron chi connectivity index (χ0n) is 5.72. The Morgan fingerprint density at radius 1 is 1.78 bits per heavy atom. The van der Waals surface area contributed by atoms with Gasteiger partial charge in [-0.25, -0.2) is 0 Å². The lowest BCUT2D eigenvalue weighted by Crippen LogP contribution is -1.89. The van der Waals surface area contributed by atoms with E-state index in [0.717, 1.165) is 6.29 Å². The van der Waals surface area contributed by atoms with Crippen molar-refractivity contribution in [1.82, 2.24) is 0 Å². The van der Waals surface area contributed by atoms with E-state index in [2.05, 4.69) is 6.58 Å². The highest BCUT2D eigenvalue weighted by atomic mass is 16.5. The van der Waals surface area contributed by atoms with Crippen LogP contribution in [0.5, 0.6) is 0 Å². The van der Waals surface area contributed by atoms with Gasteiger partial charge in [-0.1, -0.05) is 6.58 Å². The zero-order chi connectivity index (χ0) is 7.11. The molecule has 0 radical (unpaired) electrons. The molecule has 0 amide bonds. The van der Waals surface area contributed by atoms with Gasteiger partial charge in [-0.05, 0) is 6.92 Å². The Morgan fingerprint density at radius 3 is 2.89 bits per heavy atom. The molecule has 0 unspecified atom stereocenters. The second kappa shape index (κ2) is 5.35. The van der Waals surface area contributed by atoms with Crippen LogP contribution in [-0.4, -0.2) is 12.9 Å². The van der Waals surface area contributed by atoms with Crippen LogP contribution in [-0.2, 0) is 9.53 Å². The maximum atomic E-state index is 9.82. The summed E-state index contributed by atoms with van der Waals surface area (Å²) in [6.45, 7) is 6.13. The van der Waals surface area contributed by atoms with Crippen molar-refractivity contribution < 1.29 is 9.53 Å². The monoisotopic (exact) mass is 128 g/mol. The van der Waals surface area contributed by atoms with Crippen LogP contribution in [0.25, 0.3) is 0 Å². The molecule has 2 heteroatoms. The van der Waals surface area contributed by atoms with Crippen molar-refractivity contribution in [1.29, 1.82) is 0 Å². The lowest BCUT2D eigenvalue weighted by atomic mass is 10.3. The fourth-order valence-electron chi connectivity index (χ4n) is 0.496. The Hall–Kier alpha value is -0.790. The topological polar surface area (TPSA) is 26.3 Å². The lowest BCUT2D eigenvalue weighted by Gasteiger charge is -2.02. The molecule has 9 heavy (non-hydrogen) atoms. The zero-order valence-corrected chi connectivity index (χ0v) is 5.72. The van der Waals surface area contributed by atoms with E-state index >= 15 is 0 Å². The molecule has 0 N–H and O–H groups in total. The third-order valence-electron chi connectivity index (χ3n) is 0.889. The van der Waals surface area contributed by atoms with Gasteiger partial charge in [-0.15, -0.1) is 0 Å². The third kappa shape index (κ3) is 5.07. The number of hydrogen-bond donors (Lipinski definition) is 0. The summed E-state index contributed by atoms with van der Waals surface area (Å²) in [5.41, 5.74) is 0. The van der Waals surface area contributed by atoms with E-state index in [4.69, 9.17) is 4.74 Å². The van der Waals surface area contributed by atoms with Crippen molar-refractivity contribution in [3.05, 3.63) is 12.3 Å². The minimum Gasteiger partial charge on any atom is -0.499 e. The Kier molecular flexibility index (Phi) is 4.88. The first-order valence-corrected chi connectivity index (χ1v) is 3.05. The standard InChI is InChI=1S/C7H12O2/c1-3-9-7(2)5-4-6-8/h6H,2-5H2,1H3. The van der Waals surface area contributed by atoms with Crippen molar-refractivity contribution in [3.8, 4) is 0 Å². The van der Waals surface area contributed by atoms with Gasteiger partial charge in [0.1, 0.15) is 6.29 Å². The summed E-state index contributed by atoms with van der Waals surface area (Å²) in [6, 6.07) is 0. The second-order valence-corrected chi connectivity index (χ2v) is 1.68. The largest absolute Gasteiger partial charge is 0.499 e. The Labute approximate surface area is 55.5 Å². The van der Waals surface area contributed by atoms with Gasteiger partial charge in [-0.3, -0.25) is 0 Å². The summed E-state index contributed by atoms with van der Waals surface area (Å²) in [5.74, 6) is 0.699. The van der Waals surface area contributed by atoms with Crippen molar-refractivity contribution in [2.24, 2.45) is 0 Å². The number of aldehydes is 1. The first-order valence-electron chi connectivity index (χ1n) is 3.05. The van der Waals surface area contributed by atoms with Crippen LogP contribution in [0.2, 0.25) is 0 Å². The molecule has 0 heterocycles. The molecule has 0 saturated heterocycles. The number of allylic oxidation sites excluding steroid dienone is 1. The average molecular weight is 128 g/mol. The summed E-state index contributed by atoms with van der Waals surface area (Å²) < 4.78 is 4.99. The summed E-state index contributed by atoms with van der Waals surface area (Å²) in [7, 11) is 0. The SMILES string of the molecule is C=C(CCC=O)OCC. The quantitative estimate of drug-likeness (QED) is 0.414. The van der Waals surface area contributed by atoms with Crippen LogP contribution in [0.15, 0.2) is 12.3 Å². The van der Waals surface area contributed by atoms with E-state index in [1.54, 1.807) is 0 Å². The van der Waals surface area contributed by atoms with E-state index in [1.807, 2.05) is 6.92 Å². The molecule has 0 aliphatic rings. The fraction of sp³-hybridized carbons (Fsp3) is 0.571. The molecule has 0 bridgehead atoms. The van der Waals surface area contributed by atoms with Gasteiger partial charge >= 0.3 is 0 Å². The molecule has 52 valence electrons. The van der Waals surface area contributed by atoms with Gasteiger partial charge in [0.2, 0.25) is 0 Å². The molecule has 0 saturated carbocycles. The highest BCUT2D eigenvalue weighted by molar-refractivity contribution is 5.49. The van der Waals surface area contributed by atoms with Gasteiger partial charge in [0.15, 0.2) is 0 Å². The van der Waals surface area contributed by atoms with E-state index in [-0.39, 0.29) is 0 Å². The highest BCUT2D eigenvalue weighted by Crippen LogP contribution is 2.00. The third-order valence-corrected chi connectivity index (χ3v) is 0.889. The van der Waals surface area contributed by atoms with Crippen LogP contribution < -0.4 is 0 Å². The predicted molar refractivity (Wildman–Crippen MR) is 36.1 cm³/mol. The van der Waals surface area contributed by atoms with E-state index < -0.39 is 0 Å². The van der Waals surface area contributed by atoms with Gasteiger partial charge in [-0.2, -0.15) is 0 Å². The molecule has 0 aliphatic heterocycles. The van der Waals surface area contributed by atoms with Crippen LogP contribution in [0.3, 0.4) is 0 Å². The first kappa shape index (κ1) is 8.21. The maximum Gasteiger partial charge on any atom is 0.120 e. The lowest BCUT2D eigenvalue weighted by molar-refractivity contribution is -0.107. The highest BCUT2D eigenvalue weighted by Gasteiger charge is 1.90. The van der Waals surface area contributed by atoms with E-state index in [9.17, 15) is 4.79 Å². The van der Waals surface area contributed by atoms with Crippen molar-refractivity contribution in [2.75, 3.05) is 6.61 Å². The number of ether oxygens (including phenoxy) is 1. The predicted octanol–water partition coefficient (Wildman–Crippen LogP) is 1.52. The van der Waals surface area contributed by atoms with E-state index in [1.165, 1.54) is 0 Å². The Morgan fingerprint density at radius 2 is 2.44 bits per heavy atom. The number of hydrogen-bond acceptors (Lipinski definition) is 2. The molecule has 0 fully saturated rings. The summed E-state index contributed by atoms with van der Waals surface area (Å²) >= 11 is 0. The first-order chi connectivity index (χ1) is 4.31. The Balaban J connectivity index is 3.16. The molecule has 0 aromatic rings. The van der Waals surface area contributed by atoms with Crippen LogP contribution in [0.1, 0.15) is 19.8 Å². The minimum absolute atomic E-state index is 0.513. The molecular weight excluding hydrogens is 116 g/mol. The number of rotatable bonds is 5. The van der Waals surface area contributed by atoms with Crippen molar-refractivity contribution in [3.63, 3.8) is 0 Å². The summed E-state index contributed by atoms with van der Waals surface area (Å²) in [5, 5.41) is 0. The van der Waals surface area contributed by atoms with E-state index in [0.29, 0.717) is 25.2 Å². The maximum absolute atomic E-state index is 9.82. The smallest absolute Gasteiger partial charge is 0.120 e. The van der Waals surface area contributed by atoms with Gasteiger partial charge in [0.05, 0.1) is 12.4 Å².